The third-order valence-electron chi connectivity index (χ3n) is 2.93. The topological polar surface area (TPSA) is 29.1 Å². The molecule has 0 aromatic carbocycles. The fraction of sp³-hybridized carbons (Fsp3) is 0.909. The van der Waals surface area contributed by atoms with E-state index < -0.39 is 0 Å². The van der Waals surface area contributed by atoms with Gasteiger partial charge in [-0.2, -0.15) is 0 Å². The van der Waals surface area contributed by atoms with E-state index in [-0.39, 0.29) is 11.4 Å². The zero-order valence-electron chi connectivity index (χ0n) is 8.86. The predicted octanol–water partition coefficient (Wildman–Crippen LogP) is 2.63. The van der Waals surface area contributed by atoms with E-state index in [2.05, 4.69) is 12.2 Å². The zero-order valence-corrected chi connectivity index (χ0v) is 8.86. The first-order chi connectivity index (χ1) is 6.12. The highest BCUT2D eigenvalue weighted by Gasteiger charge is 2.24. The van der Waals surface area contributed by atoms with E-state index in [4.69, 9.17) is 0 Å². The molecule has 0 aromatic heterocycles. The van der Waals surface area contributed by atoms with Crippen molar-refractivity contribution in [2.45, 2.75) is 64.3 Å². The maximum absolute atomic E-state index is 11.0. The van der Waals surface area contributed by atoms with Crippen LogP contribution in [0.15, 0.2) is 0 Å². The Morgan fingerprint density at radius 3 is 2.00 bits per heavy atom. The van der Waals surface area contributed by atoms with Gasteiger partial charge < -0.3 is 5.32 Å². The summed E-state index contributed by atoms with van der Waals surface area (Å²) in [5.41, 5.74) is 0.0756. The van der Waals surface area contributed by atoms with Crippen molar-refractivity contribution in [1.82, 2.24) is 5.32 Å². The Bertz CT molecular complexity index is 169. The van der Waals surface area contributed by atoms with Gasteiger partial charge in [0.1, 0.15) is 0 Å². The van der Waals surface area contributed by atoms with Crippen molar-refractivity contribution >= 4 is 5.91 Å². The lowest BCUT2D eigenvalue weighted by atomic mass is 9.85. The Labute approximate surface area is 81.1 Å². The number of carbonyl (C=O) groups excluding carboxylic acids is 1. The molecule has 1 amide bonds. The number of hydrogen-bond acceptors (Lipinski definition) is 1. The molecule has 2 nitrogen and oxygen atoms in total. The molecule has 0 spiro atoms. The predicted molar refractivity (Wildman–Crippen MR) is 54.5 cm³/mol. The lowest BCUT2D eigenvalue weighted by Crippen LogP contribution is -2.45. The van der Waals surface area contributed by atoms with E-state index in [9.17, 15) is 4.79 Å². The van der Waals surface area contributed by atoms with Crippen molar-refractivity contribution < 1.29 is 4.79 Å². The third kappa shape index (κ3) is 3.79. The van der Waals surface area contributed by atoms with Crippen LogP contribution >= 0.6 is 0 Å². The minimum Gasteiger partial charge on any atom is -0.351 e. The van der Waals surface area contributed by atoms with Gasteiger partial charge in [0.15, 0.2) is 0 Å². The van der Waals surface area contributed by atoms with Crippen molar-refractivity contribution in [3.63, 3.8) is 0 Å². The van der Waals surface area contributed by atoms with E-state index in [1.807, 2.05) is 0 Å². The molecular formula is C11H21NO. The SMILES string of the molecule is CC(=O)NC1(C)CCCCCCC1. The molecule has 1 N–H and O–H groups in total. The van der Waals surface area contributed by atoms with Crippen LogP contribution in [0, 0.1) is 0 Å². The maximum atomic E-state index is 11.0. The minimum atomic E-state index is 0.0756. The van der Waals surface area contributed by atoms with Crippen LogP contribution in [0.1, 0.15) is 58.8 Å². The second-order valence-electron chi connectivity index (χ2n) is 4.51. The molecule has 13 heavy (non-hydrogen) atoms. The molecule has 1 aliphatic rings. The summed E-state index contributed by atoms with van der Waals surface area (Å²) in [6.45, 7) is 3.80. The van der Waals surface area contributed by atoms with Crippen molar-refractivity contribution in [2.75, 3.05) is 0 Å². The molecule has 1 saturated carbocycles. The summed E-state index contributed by atoms with van der Waals surface area (Å²) in [5, 5.41) is 3.09. The van der Waals surface area contributed by atoms with Crippen LogP contribution in [-0.2, 0) is 4.79 Å². The van der Waals surface area contributed by atoms with Gasteiger partial charge in [-0.15, -0.1) is 0 Å². The first kappa shape index (κ1) is 10.6. The summed E-state index contributed by atoms with van der Waals surface area (Å²) in [6.07, 6.45) is 8.84. The molecule has 0 atom stereocenters. The van der Waals surface area contributed by atoms with E-state index in [0.29, 0.717) is 0 Å². The summed E-state index contributed by atoms with van der Waals surface area (Å²) in [6, 6.07) is 0. The van der Waals surface area contributed by atoms with Crippen LogP contribution in [0.5, 0.6) is 0 Å². The number of carbonyl (C=O) groups is 1. The van der Waals surface area contributed by atoms with Crippen LogP contribution in [-0.4, -0.2) is 11.4 Å². The molecule has 0 heterocycles. The molecule has 1 aliphatic carbocycles. The van der Waals surface area contributed by atoms with Gasteiger partial charge >= 0.3 is 0 Å². The summed E-state index contributed by atoms with van der Waals surface area (Å²) in [4.78, 5) is 11.0. The van der Waals surface area contributed by atoms with Gasteiger partial charge in [-0.1, -0.05) is 32.1 Å². The fourth-order valence-corrected chi connectivity index (χ4v) is 2.24. The van der Waals surface area contributed by atoms with Gasteiger partial charge in [-0.3, -0.25) is 4.79 Å². The van der Waals surface area contributed by atoms with Gasteiger partial charge in [0, 0.05) is 12.5 Å². The molecule has 0 saturated heterocycles. The number of amides is 1. The van der Waals surface area contributed by atoms with Crippen molar-refractivity contribution in [3.05, 3.63) is 0 Å². The molecule has 1 fully saturated rings. The lowest BCUT2D eigenvalue weighted by Gasteiger charge is -2.32. The average molecular weight is 183 g/mol. The number of rotatable bonds is 1. The zero-order chi connectivity index (χ0) is 9.73. The Kier molecular flexibility index (Phi) is 3.76. The van der Waals surface area contributed by atoms with E-state index >= 15 is 0 Å². The summed E-state index contributed by atoms with van der Waals surface area (Å²) < 4.78 is 0. The molecule has 0 aliphatic heterocycles. The molecule has 2 heteroatoms. The first-order valence-electron chi connectivity index (χ1n) is 5.41. The Balaban J connectivity index is 2.46. The molecule has 76 valence electrons. The van der Waals surface area contributed by atoms with Crippen LogP contribution in [0.3, 0.4) is 0 Å². The van der Waals surface area contributed by atoms with Crippen molar-refractivity contribution in [1.29, 1.82) is 0 Å². The molecular weight excluding hydrogens is 162 g/mol. The molecule has 0 unspecified atom stereocenters. The van der Waals surface area contributed by atoms with Gasteiger partial charge in [-0.05, 0) is 19.8 Å². The van der Waals surface area contributed by atoms with Crippen LogP contribution in [0.2, 0.25) is 0 Å². The maximum Gasteiger partial charge on any atom is 0.217 e. The minimum absolute atomic E-state index is 0.0756. The summed E-state index contributed by atoms with van der Waals surface area (Å²) in [5.74, 6) is 0.114. The fourth-order valence-electron chi connectivity index (χ4n) is 2.24. The van der Waals surface area contributed by atoms with Gasteiger partial charge in [0.2, 0.25) is 5.91 Å². The Morgan fingerprint density at radius 1 is 1.08 bits per heavy atom. The second-order valence-corrected chi connectivity index (χ2v) is 4.51. The molecule has 0 aromatic rings. The third-order valence-corrected chi connectivity index (χ3v) is 2.93. The Morgan fingerprint density at radius 2 is 1.54 bits per heavy atom. The molecule has 0 bridgehead atoms. The summed E-state index contributed by atoms with van der Waals surface area (Å²) >= 11 is 0. The van der Waals surface area contributed by atoms with Gasteiger partial charge in [0.25, 0.3) is 0 Å². The quantitative estimate of drug-likeness (QED) is 0.665. The molecule has 1 rings (SSSR count). The van der Waals surface area contributed by atoms with Crippen molar-refractivity contribution in [3.8, 4) is 0 Å². The van der Waals surface area contributed by atoms with Crippen LogP contribution < -0.4 is 5.32 Å². The second kappa shape index (κ2) is 4.64. The van der Waals surface area contributed by atoms with E-state index in [1.54, 1.807) is 6.92 Å². The van der Waals surface area contributed by atoms with Crippen molar-refractivity contribution in [2.24, 2.45) is 0 Å². The van der Waals surface area contributed by atoms with Gasteiger partial charge in [-0.25, -0.2) is 0 Å². The van der Waals surface area contributed by atoms with E-state index in [0.717, 1.165) is 12.8 Å². The first-order valence-corrected chi connectivity index (χ1v) is 5.41. The number of nitrogens with one attached hydrogen (secondary N) is 1. The average Bonchev–Trinajstić information content (AvgIpc) is 1.97. The lowest BCUT2D eigenvalue weighted by molar-refractivity contribution is -0.120. The van der Waals surface area contributed by atoms with Crippen LogP contribution in [0.4, 0.5) is 0 Å². The summed E-state index contributed by atoms with van der Waals surface area (Å²) in [7, 11) is 0. The largest absolute Gasteiger partial charge is 0.351 e. The highest BCUT2D eigenvalue weighted by atomic mass is 16.1. The van der Waals surface area contributed by atoms with Crippen LogP contribution in [0.25, 0.3) is 0 Å². The normalized spacial score (nSPS) is 22.9. The monoisotopic (exact) mass is 183 g/mol. The number of hydrogen-bond donors (Lipinski definition) is 1. The molecule has 0 radical (unpaired) electrons. The Hall–Kier alpha value is -0.530. The highest BCUT2D eigenvalue weighted by molar-refractivity contribution is 5.73. The smallest absolute Gasteiger partial charge is 0.217 e. The standard InChI is InChI=1S/C11H21NO/c1-10(13)12-11(2)8-6-4-3-5-7-9-11/h3-9H2,1-2H3,(H,12,13). The van der Waals surface area contributed by atoms with Gasteiger partial charge in [0.05, 0.1) is 0 Å². The van der Waals surface area contributed by atoms with E-state index in [1.165, 1.54) is 32.1 Å². The highest BCUT2D eigenvalue weighted by Crippen LogP contribution is 2.25.